The van der Waals surface area contributed by atoms with Crippen LogP contribution in [0.4, 0.5) is 0 Å². The number of rotatable bonds is 3. The van der Waals surface area contributed by atoms with Gasteiger partial charge < -0.3 is 14.9 Å². The van der Waals surface area contributed by atoms with Gasteiger partial charge in [0.05, 0.1) is 6.04 Å². The Morgan fingerprint density at radius 1 is 1.42 bits per heavy atom. The van der Waals surface area contributed by atoms with Gasteiger partial charge in [0, 0.05) is 112 Å². The summed E-state index contributed by atoms with van der Waals surface area (Å²) in [6.07, 6.45) is 0. The number of benzene rings is 1. The third-order valence-corrected chi connectivity index (χ3v) is 3.15. The summed E-state index contributed by atoms with van der Waals surface area (Å²) < 4.78 is 5.54. The molecular weight excluding hydrogens is 672 g/mol. The Kier molecular flexibility index (Phi) is 10.0. The van der Waals surface area contributed by atoms with E-state index in [2.05, 4.69) is 4.99 Å². The Hall–Kier alpha value is 1.33. The molecule has 0 saturated carbocycles. The zero-order valence-electron chi connectivity index (χ0n) is 11.2. The van der Waals surface area contributed by atoms with Gasteiger partial charge in [0.15, 0.2) is 0 Å². The topological polar surface area (TPSA) is 62.1 Å². The number of hydrogen-bond donors (Lipinski definition) is 2. The molecule has 0 bridgehead atoms. The molecule has 0 saturated heterocycles. The number of aromatic hydroxyl groups is 1. The van der Waals surface area contributed by atoms with Crippen molar-refractivity contribution in [1.82, 2.24) is 0 Å². The fraction of sp³-hybridized carbons (Fsp3) is 0.462. The Balaban J connectivity index is 0.00000162. The van der Waals surface area contributed by atoms with Crippen molar-refractivity contribution in [2.75, 3.05) is 13.2 Å². The van der Waals surface area contributed by atoms with E-state index < -0.39 is 0 Å². The number of aliphatic imine (C=N–C) groups is 1. The van der Waals surface area contributed by atoms with E-state index >= 15 is 0 Å². The third kappa shape index (κ3) is 4.93. The Morgan fingerprint density at radius 3 is 2.74 bits per heavy atom. The molecule has 98 valence electrons. The first-order chi connectivity index (χ1) is 8.13. The summed E-state index contributed by atoms with van der Waals surface area (Å²) in [6, 6.07) is 5.28. The molecular formula is C13H17Ac2NO3. The molecule has 2 atom stereocenters. The van der Waals surface area contributed by atoms with Crippen molar-refractivity contribution in [3.05, 3.63) is 29.3 Å². The monoisotopic (exact) mass is 689 g/mol. The van der Waals surface area contributed by atoms with Gasteiger partial charge in [0.1, 0.15) is 12.4 Å². The number of phenols is 1. The second kappa shape index (κ2) is 9.37. The van der Waals surface area contributed by atoms with E-state index in [4.69, 9.17) is 9.84 Å². The SMILES string of the molecule is Cc1c(O)cccc1C1=N[C@H]([C@@H](C)CO)CO1.[Ac].[Ac]. The van der Waals surface area contributed by atoms with Crippen LogP contribution in [-0.2, 0) is 4.74 Å². The molecule has 1 aromatic carbocycles. The van der Waals surface area contributed by atoms with E-state index in [1.807, 2.05) is 19.9 Å². The molecule has 2 rings (SSSR count). The van der Waals surface area contributed by atoms with E-state index in [1.54, 1.807) is 12.1 Å². The minimum Gasteiger partial charge on any atom is -0.508 e. The van der Waals surface area contributed by atoms with Crippen molar-refractivity contribution in [1.29, 1.82) is 0 Å². The van der Waals surface area contributed by atoms with Gasteiger partial charge in [-0.05, 0) is 19.1 Å². The molecule has 0 aliphatic carbocycles. The zero-order chi connectivity index (χ0) is 12.4. The van der Waals surface area contributed by atoms with E-state index in [1.165, 1.54) is 0 Å². The summed E-state index contributed by atoms with van der Waals surface area (Å²) >= 11 is 0. The maximum atomic E-state index is 9.63. The molecule has 0 fully saturated rings. The molecule has 0 amide bonds. The maximum absolute atomic E-state index is 9.63. The smallest absolute Gasteiger partial charge is 0.216 e. The van der Waals surface area contributed by atoms with Gasteiger partial charge in [-0.2, -0.15) is 0 Å². The summed E-state index contributed by atoms with van der Waals surface area (Å²) in [4.78, 5) is 4.45. The molecule has 0 unspecified atom stereocenters. The van der Waals surface area contributed by atoms with E-state index in [-0.39, 0.29) is 112 Å². The molecule has 19 heavy (non-hydrogen) atoms. The van der Waals surface area contributed by atoms with Crippen LogP contribution in [0.15, 0.2) is 23.2 Å². The molecule has 1 heterocycles. The van der Waals surface area contributed by atoms with Crippen LogP contribution in [0, 0.1) is 101 Å². The predicted molar refractivity (Wildman–Crippen MR) is 65.4 cm³/mol. The molecule has 0 aromatic heterocycles. The van der Waals surface area contributed by atoms with Crippen LogP contribution < -0.4 is 0 Å². The number of nitrogens with zero attached hydrogens (tertiary/aromatic N) is 1. The van der Waals surface area contributed by atoms with Crippen molar-refractivity contribution >= 4 is 5.90 Å². The standard InChI is InChI=1S/C13H17NO3.2Ac/c1-8(6-15)11-7-17-13(14-11)10-4-3-5-12(16)9(10)2;;/h3-5,8,11,15-16H,6-7H2,1-2H3;;/t8-,11-;;/m0../s1. The number of phenolic OH excluding ortho intramolecular Hbond substituents is 1. The van der Waals surface area contributed by atoms with Crippen LogP contribution in [0.25, 0.3) is 0 Å². The Morgan fingerprint density at radius 2 is 2.11 bits per heavy atom. The van der Waals surface area contributed by atoms with Gasteiger partial charge >= 0.3 is 0 Å². The molecule has 2 N–H and O–H groups in total. The molecule has 4 nitrogen and oxygen atoms in total. The average molecular weight is 689 g/mol. The summed E-state index contributed by atoms with van der Waals surface area (Å²) in [5, 5.41) is 18.7. The van der Waals surface area contributed by atoms with Crippen molar-refractivity contribution in [2.24, 2.45) is 10.9 Å². The average Bonchev–Trinajstić information content (AvgIpc) is 2.81. The van der Waals surface area contributed by atoms with Crippen LogP contribution in [-0.4, -0.2) is 35.4 Å². The minimum absolute atomic E-state index is 0. The van der Waals surface area contributed by atoms with Crippen LogP contribution in [0.2, 0.25) is 0 Å². The first kappa shape index (κ1) is 20.3. The fourth-order valence-corrected chi connectivity index (χ4v) is 1.81. The summed E-state index contributed by atoms with van der Waals surface area (Å²) in [6.45, 7) is 4.37. The first-order valence-electron chi connectivity index (χ1n) is 5.74. The van der Waals surface area contributed by atoms with Gasteiger partial charge in [-0.3, -0.25) is 0 Å². The third-order valence-electron chi connectivity index (χ3n) is 3.15. The molecule has 0 spiro atoms. The van der Waals surface area contributed by atoms with Gasteiger partial charge in [-0.1, -0.05) is 13.0 Å². The van der Waals surface area contributed by atoms with Crippen molar-refractivity contribution < 1.29 is 103 Å². The van der Waals surface area contributed by atoms with Gasteiger partial charge in [0.2, 0.25) is 5.90 Å². The van der Waals surface area contributed by atoms with E-state index in [0.717, 1.165) is 11.1 Å². The van der Waals surface area contributed by atoms with Crippen LogP contribution in [0.5, 0.6) is 5.75 Å². The molecule has 2 radical (unpaired) electrons. The second-order valence-electron chi connectivity index (χ2n) is 4.42. The van der Waals surface area contributed by atoms with Gasteiger partial charge in [-0.25, -0.2) is 4.99 Å². The van der Waals surface area contributed by atoms with Gasteiger partial charge in [-0.15, -0.1) is 0 Å². The fourth-order valence-electron chi connectivity index (χ4n) is 1.81. The normalized spacial score (nSPS) is 18.7. The Labute approximate surface area is 185 Å². The number of aliphatic hydroxyl groups excluding tert-OH is 1. The number of hydrogen-bond acceptors (Lipinski definition) is 4. The van der Waals surface area contributed by atoms with Crippen LogP contribution in [0.3, 0.4) is 0 Å². The van der Waals surface area contributed by atoms with Gasteiger partial charge in [0.25, 0.3) is 0 Å². The van der Waals surface area contributed by atoms with Crippen LogP contribution in [0.1, 0.15) is 18.1 Å². The number of ether oxygens (including phenoxy) is 1. The summed E-state index contributed by atoms with van der Waals surface area (Å²) in [7, 11) is 0. The van der Waals surface area contributed by atoms with Crippen molar-refractivity contribution in [3.63, 3.8) is 0 Å². The summed E-state index contributed by atoms with van der Waals surface area (Å²) in [5.74, 6) is 0.890. The van der Waals surface area contributed by atoms with Crippen LogP contribution >= 0.6 is 0 Å². The minimum atomic E-state index is -0.00301. The Bertz CT molecular complexity index is 452. The molecule has 1 aliphatic rings. The molecule has 1 aromatic rings. The summed E-state index contributed by atoms with van der Waals surface area (Å²) in [5.41, 5.74) is 1.58. The van der Waals surface area contributed by atoms with E-state index in [0.29, 0.717) is 12.5 Å². The van der Waals surface area contributed by atoms with Crippen molar-refractivity contribution in [2.45, 2.75) is 19.9 Å². The largest absolute Gasteiger partial charge is 0.508 e. The van der Waals surface area contributed by atoms with Crippen molar-refractivity contribution in [3.8, 4) is 5.75 Å². The zero-order valence-corrected chi connectivity index (χ0v) is 20.7. The second-order valence-corrected chi connectivity index (χ2v) is 4.42. The quantitative estimate of drug-likeness (QED) is 0.506. The maximum Gasteiger partial charge on any atom is 0.216 e. The molecule has 1 aliphatic heterocycles. The predicted octanol–water partition coefficient (Wildman–Crippen LogP) is 1.47. The molecule has 6 heteroatoms. The van der Waals surface area contributed by atoms with E-state index in [9.17, 15) is 5.11 Å². The first-order valence-corrected chi connectivity index (χ1v) is 5.74. The number of aliphatic hydroxyl groups is 1.